The van der Waals surface area contributed by atoms with Gasteiger partial charge in [0, 0.05) is 0 Å². The molecule has 0 amide bonds. The molecule has 0 aromatic carbocycles. The summed E-state index contributed by atoms with van der Waals surface area (Å²) >= 11 is -0.144. The van der Waals surface area contributed by atoms with Crippen molar-refractivity contribution in [3.8, 4) is 0 Å². The highest BCUT2D eigenvalue weighted by molar-refractivity contribution is 8.09. The van der Waals surface area contributed by atoms with Gasteiger partial charge < -0.3 is 14.4 Å². The van der Waals surface area contributed by atoms with Crippen LogP contribution < -0.4 is 0 Å². The monoisotopic (exact) mass is 138 g/mol. The largest absolute Gasteiger partial charge is 0.518 e. The molecule has 0 radical (unpaired) electrons. The third kappa shape index (κ3) is 5.09. The van der Waals surface area contributed by atoms with E-state index in [9.17, 15) is 9.59 Å². The first-order valence-corrected chi connectivity index (χ1v) is 2.17. The first kappa shape index (κ1) is 7.09. The lowest BCUT2D eigenvalue weighted by Crippen LogP contribution is -1.94. The molecule has 0 unspecified atom stereocenters. The van der Waals surface area contributed by atoms with Crippen molar-refractivity contribution in [1.82, 2.24) is 0 Å². The Labute approximate surface area is 48.5 Å². The van der Waals surface area contributed by atoms with Crippen molar-refractivity contribution < 1.29 is 24.0 Å². The van der Waals surface area contributed by atoms with E-state index in [1.165, 1.54) is 0 Å². The summed E-state index contributed by atoms with van der Waals surface area (Å²) in [5.74, 6) is 0. The van der Waals surface area contributed by atoms with E-state index in [0.29, 0.717) is 0 Å². The van der Waals surface area contributed by atoms with Crippen molar-refractivity contribution in [2.24, 2.45) is 0 Å². The van der Waals surface area contributed by atoms with Crippen LogP contribution in [0.3, 0.4) is 0 Å². The summed E-state index contributed by atoms with van der Waals surface area (Å²) in [7, 11) is 0. The van der Waals surface area contributed by atoms with Crippen LogP contribution in [0, 0.1) is 0 Å². The molecule has 2 N–H and O–H groups in total. The summed E-state index contributed by atoms with van der Waals surface area (Å²) < 4.78 is 3.54. The van der Waals surface area contributed by atoms with Gasteiger partial charge in [-0.3, -0.25) is 0 Å². The Hall–Kier alpha value is -0.910. The van der Waals surface area contributed by atoms with Gasteiger partial charge in [-0.2, -0.15) is 0 Å². The second kappa shape index (κ2) is 3.14. The van der Waals surface area contributed by atoms with Gasteiger partial charge in [0.1, 0.15) is 0 Å². The molecular formula is C2H2O5S. The zero-order valence-corrected chi connectivity index (χ0v) is 4.34. The smallest absolute Gasteiger partial charge is 0.471 e. The van der Waals surface area contributed by atoms with E-state index in [1.807, 2.05) is 0 Å². The maximum atomic E-state index is 9.48. The van der Waals surface area contributed by atoms with Crippen molar-refractivity contribution >= 4 is 23.5 Å². The molecule has 0 saturated carbocycles. The highest BCUT2D eigenvalue weighted by Crippen LogP contribution is 2.01. The van der Waals surface area contributed by atoms with Gasteiger partial charge >= 0.3 is 11.5 Å². The molecule has 0 fully saturated rings. The van der Waals surface area contributed by atoms with Gasteiger partial charge in [0.15, 0.2) is 12.0 Å². The number of hydrogen-bond acceptors (Lipinski definition) is 4. The van der Waals surface area contributed by atoms with Crippen LogP contribution in [0.15, 0.2) is 0 Å². The summed E-state index contributed by atoms with van der Waals surface area (Å²) in [6, 6.07) is 0. The standard InChI is InChI=1S/C2H2O5S/c3-1(4)7-8-2(5)6/h(H,3,4)(H,5,6). The number of carbonyl (C=O) groups is 2. The first-order chi connectivity index (χ1) is 3.63. The van der Waals surface area contributed by atoms with Crippen LogP contribution in [0.1, 0.15) is 0 Å². The summed E-state index contributed by atoms with van der Waals surface area (Å²) in [4.78, 5) is 18.9. The molecule has 0 heterocycles. The van der Waals surface area contributed by atoms with Crippen molar-refractivity contribution in [1.29, 1.82) is 0 Å². The second-order valence-corrected chi connectivity index (χ2v) is 1.38. The van der Waals surface area contributed by atoms with E-state index in [2.05, 4.69) is 4.18 Å². The molecule has 0 aliphatic heterocycles. The third-order valence-corrected chi connectivity index (χ3v) is 0.553. The molecule has 8 heavy (non-hydrogen) atoms. The topological polar surface area (TPSA) is 83.8 Å². The van der Waals surface area contributed by atoms with Gasteiger partial charge in [-0.15, -0.1) is 0 Å². The molecule has 0 saturated heterocycles. The van der Waals surface area contributed by atoms with Crippen LogP contribution in [-0.2, 0) is 4.18 Å². The lowest BCUT2D eigenvalue weighted by Gasteiger charge is -1.87. The molecule has 46 valence electrons. The van der Waals surface area contributed by atoms with Crippen LogP contribution >= 0.6 is 12.0 Å². The van der Waals surface area contributed by atoms with Gasteiger partial charge in [0.25, 0.3) is 0 Å². The normalized spacial score (nSPS) is 8.00. The Morgan fingerprint density at radius 3 is 2.00 bits per heavy atom. The lowest BCUT2D eigenvalue weighted by molar-refractivity contribution is 0.151. The average molecular weight is 138 g/mol. The van der Waals surface area contributed by atoms with E-state index in [0.717, 1.165) is 0 Å². The Morgan fingerprint density at radius 1 is 1.38 bits per heavy atom. The second-order valence-electron chi connectivity index (χ2n) is 0.698. The van der Waals surface area contributed by atoms with Gasteiger partial charge in [-0.1, -0.05) is 0 Å². The third-order valence-electron chi connectivity index (χ3n) is 0.184. The van der Waals surface area contributed by atoms with Crippen molar-refractivity contribution in [2.45, 2.75) is 0 Å². The maximum absolute atomic E-state index is 9.48. The molecule has 5 nitrogen and oxygen atoms in total. The van der Waals surface area contributed by atoms with Gasteiger partial charge in [-0.05, 0) is 0 Å². The van der Waals surface area contributed by atoms with E-state index >= 15 is 0 Å². The van der Waals surface area contributed by atoms with Crippen LogP contribution in [0.2, 0.25) is 0 Å². The molecule has 0 rings (SSSR count). The minimum atomic E-state index is -1.61. The van der Waals surface area contributed by atoms with E-state index in [-0.39, 0.29) is 12.0 Å². The predicted molar refractivity (Wildman–Crippen MR) is 24.7 cm³/mol. The maximum Gasteiger partial charge on any atom is 0.518 e. The predicted octanol–water partition coefficient (Wildman–Crippen LogP) is 1.01. The Bertz CT molecular complexity index is 95.0. The Kier molecular flexibility index (Phi) is 2.78. The van der Waals surface area contributed by atoms with Gasteiger partial charge in [0.05, 0.1) is 0 Å². The summed E-state index contributed by atoms with van der Waals surface area (Å²) in [6.07, 6.45) is -1.61. The van der Waals surface area contributed by atoms with E-state index in [4.69, 9.17) is 10.2 Å². The molecule has 0 bridgehead atoms. The highest BCUT2D eigenvalue weighted by Gasteiger charge is 2.02. The zero-order chi connectivity index (χ0) is 6.57. The summed E-state index contributed by atoms with van der Waals surface area (Å²) in [5, 5.41) is 14.0. The van der Waals surface area contributed by atoms with Crippen molar-refractivity contribution in [3.63, 3.8) is 0 Å². The molecule has 6 heteroatoms. The van der Waals surface area contributed by atoms with Crippen LogP contribution in [0.25, 0.3) is 0 Å². The minimum Gasteiger partial charge on any atom is -0.471 e. The fourth-order valence-electron chi connectivity index (χ4n) is 0.0713. The molecule has 0 aromatic rings. The number of carboxylic acid groups (broad SMARTS) is 2. The van der Waals surface area contributed by atoms with Crippen LogP contribution in [0.4, 0.5) is 9.59 Å². The number of hydrogen-bond donors (Lipinski definition) is 2. The molecule has 0 aromatic heterocycles. The molecule has 0 aliphatic rings. The minimum absolute atomic E-state index is 0.144. The van der Waals surface area contributed by atoms with Gasteiger partial charge in [-0.25, -0.2) is 9.59 Å². The highest BCUT2D eigenvalue weighted by atomic mass is 32.2. The fourth-order valence-corrected chi connectivity index (χ4v) is 0.214. The first-order valence-electron chi connectivity index (χ1n) is 1.43. The molecule has 0 atom stereocenters. The van der Waals surface area contributed by atoms with E-state index < -0.39 is 11.5 Å². The lowest BCUT2D eigenvalue weighted by atomic mass is 11.5. The molecule has 0 spiro atoms. The number of rotatable bonds is 0. The molecule has 0 aliphatic carbocycles. The van der Waals surface area contributed by atoms with Crippen molar-refractivity contribution in [2.75, 3.05) is 0 Å². The average Bonchev–Trinajstić information content (AvgIpc) is 1.61. The fraction of sp³-hybridized carbons (Fsp3) is 0. The van der Waals surface area contributed by atoms with Crippen molar-refractivity contribution in [3.05, 3.63) is 0 Å². The van der Waals surface area contributed by atoms with Gasteiger partial charge in [0.2, 0.25) is 0 Å². The van der Waals surface area contributed by atoms with E-state index in [1.54, 1.807) is 0 Å². The zero-order valence-electron chi connectivity index (χ0n) is 3.53. The SMILES string of the molecule is O=C(O)OSC(=O)O. The van der Waals surface area contributed by atoms with Crippen LogP contribution in [-0.4, -0.2) is 21.7 Å². The summed E-state index contributed by atoms with van der Waals surface area (Å²) in [6.45, 7) is 0. The quantitative estimate of drug-likeness (QED) is 0.486. The van der Waals surface area contributed by atoms with Crippen LogP contribution in [0.5, 0.6) is 0 Å². The Balaban J connectivity index is 3.18. The Morgan fingerprint density at radius 2 is 1.88 bits per heavy atom. The summed E-state index contributed by atoms with van der Waals surface area (Å²) in [5.41, 5.74) is 0. The molecular weight excluding hydrogens is 136 g/mol.